The zero-order valence-corrected chi connectivity index (χ0v) is 22.2. The number of thiazole rings is 1. The molecule has 2 aliphatic heterocycles. The molecule has 1 aromatic carbocycles. The van der Waals surface area contributed by atoms with E-state index in [-0.39, 0.29) is 17.9 Å². The molecule has 1 spiro atoms. The summed E-state index contributed by atoms with van der Waals surface area (Å²) in [6, 6.07) is 8.26. The van der Waals surface area contributed by atoms with Crippen LogP contribution in [-0.2, 0) is 11.2 Å². The highest BCUT2D eigenvalue weighted by atomic mass is 32.1. The number of piperidine rings is 1. The molecule has 1 fully saturated rings. The van der Waals surface area contributed by atoms with Crippen molar-refractivity contribution in [2.75, 3.05) is 19.7 Å². The molecule has 35 heavy (non-hydrogen) atoms. The number of hydrogen-bond acceptors (Lipinski definition) is 5. The summed E-state index contributed by atoms with van der Waals surface area (Å²) in [5, 5.41) is 3.38. The first-order valence-electron chi connectivity index (χ1n) is 13.1. The van der Waals surface area contributed by atoms with Gasteiger partial charge in [-0.05, 0) is 63.0 Å². The van der Waals surface area contributed by atoms with Gasteiger partial charge in [-0.15, -0.1) is 11.3 Å². The van der Waals surface area contributed by atoms with Gasteiger partial charge in [-0.3, -0.25) is 9.59 Å². The lowest BCUT2D eigenvalue weighted by molar-refractivity contribution is -0.135. The smallest absolute Gasteiger partial charge is 0.265 e. The maximum Gasteiger partial charge on any atom is 0.265 e. The summed E-state index contributed by atoms with van der Waals surface area (Å²) in [5.41, 5.74) is 3.35. The zero-order chi connectivity index (χ0) is 24.8. The molecule has 0 aliphatic carbocycles. The van der Waals surface area contributed by atoms with Crippen LogP contribution in [0, 0.1) is 18.3 Å². The standard InChI is InChI=1S/C28H39N3O3S/c1-20(2)17-23-18-34-24-11-7-6-10-22(24)9-5-4-8-12-28(27(33)30-23)13-15-31(16-14-28)26(32)25-21(3)29-19-35-25/h6-7,10-11,19-20,23H,4-5,8-9,12-18H2,1-3H3,(H,30,33)/t23-/m0/s1. The lowest BCUT2D eigenvalue weighted by Crippen LogP contribution is -2.53. The number of fused-ring (bicyclic) bond motifs is 1. The molecule has 4 rings (SSSR count). The van der Waals surface area contributed by atoms with Gasteiger partial charge in [0.15, 0.2) is 0 Å². The van der Waals surface area contributed by atoms with Crippen molar-refractivity contribution in [2.45, 2.75) is 78.2 Å². The molecule has 3 heterocycles. The Balaban J connectivity index is 1.49. The van der Waals surface area contributed by atoms with Crippen LogP contribution in [0.2, 0.25) is 0 Å². The van der Waals surface area contributed by atoms with Crippen molar-refractivity contribution in [2.24, 2.45) is 11.3 Å². The summed E-state index contributed by atoms with van der Waals surface area (Å²) in [6.45, 7) is 7.95. The highest BCUT2D eigenvalue weighted by Gasteiger charge is 2.42. The first-order valence-corrected chi connectivity index (χ1v) is 14.0. The lowest BCUT2D eigenvalue weighted by Gasteiger charge is -2.41. The fraction of sp³-hybridized carbons (Fsp3) is 0.607. The number of likely N-dealkylation sites (tertiary alicyclic amines) is 1. The fourth-order valence-corrected chi connectivity index (χ4v) is 6.22. The van der Waals surface area contributed by atoms with Crippen molar-refractivity contribution in [3.8, 4) is 5.75 Å². The van der Waals surface area contributed by atoms with Gasteiger partial charge in [0.05, 0.1) is 22.7 Å². The molecule has 0 bridgehead atoms. The maximum absolute atomic E-state index is 13.8. The second-order valence-electron chi connectivity index (χ2n) is 10.6. The van der Waals surface area contributed by atoms with Gasteiger partial charge in [0.2, 0.25) is 5.91 Å². The van der Waals surface area contributed by atoms with Crippen molar-refractivity contribution < 1.29 is 14.3 Å². The molecule has 1 atom stereocenters. The Morgan fingerprint density at radius 3 is 2.69 bits per heavy atom. The third-order valence-electron chi connectivity index (χ3n) is 7.53. The van der Waals surface area contributed by atoms with Crippen LogP contribution in [0.1, 0.15) is 79.7 Å². The number of hydrogen-bond donors (Lipinski definition) is 1. The Morgan fingerprint density at radius 2 is 1.97 bits per heavy atom. The molecule has 2 amide bonds. The van der Waals surface area contributed by atoms with Crippen LogP contribution in [0.25, 0.3) is 0 Å². The predicted octanol–water partition coefficient (Wildman–Crippen LogP) is 5.40. The van der Waals surface area contributed by atoms with Crippen LogP contribution >= 0.6 is 11.3 Å². The summed E-state index contributed by atoms with van der Waals surface area (Å²) in [7, 11) is 0. The molecular weight excluding hydrogens is 458 g/mol. The normalized spacial score (nSPS) is 21.3. The van der Waals surface area contributed by atoms with Gasteiger partial charge in [-0.1, -0.05) is 44.9 Å². The number of nitrogens with one attached hydrogen (secondary N) is 1. The summed E-state index contributed by atoms with van der Waals surface area (Å²) >= 11 is 1.40. The molecule has 6 nitrogen and oxygen atoms in total. The quantitative estimate of drug-likeness (QED) is 0.616. The number of carbonyl (C=O) groups excluding carboxylic acids is 2. The predicted molar refractivity (Wildman–Crippen MR) is 140 cm³/mol. The molecular formula is C28H39N3O3S. The van der Waals surface area contributed by atoms with Crippen molar-refractivity contribution in [1.29, 1.82) is 0 Å². The molecule has 2 aliphatic rings. The van der Waals surface area contributed by atoms with E-state index in [0.717, 1.165) is 50.0 Å². The van der Waals surface area contributed by atoms with E-state index in [1.165, 1.54) is 16.9 Å². The average Bonchev–Trinajstić information content (AvgIpc) is 3.28. The number of aryl methyl sites for hydroxylation is 2. The van der Waals surface area contributed by atoms with E-state index in [0.29, 0.717) is 43.3 Å². The minimum absolute atomic E-state index is 0.0345. The van der Waals surface area contributed by atoms with E-state index in [9.17, 15) is 9.59 Å². The maximum atomic E-state index is 13.8. The van der Waals surface area contributed by atoms with E-state index in [4.69, 9.17) is 4.74 Å². The molecule has 0 saturated carbocycles. The van der Waals surface area contributed by atoms with Gasteiger partial charge in [0.25, 0.3) is 5.91 Å². The molecule has 0 unspecified atom stereocenters. The molecule has 1 N–H and O–H groups in total. The van der Waals surface area contributed by atoms with Crippen molar-refractivity contribution in [3.63, 3.8) is 0 Å². The highest BCUT2D eigenvalue weighted by Crippen LogP contribution is 2.38. The fourth-order valence-electron chi connectivity index (χ4n) is 5.45. The third-order valence-corrected chi connectivity index (χ3v) is 8.45. The number of ether oxygens (including phenoxy) is 1. The summed E-state index contributed by atoms with van der Waals surface area (Å²) < 4.78 is 6.27. The van der Waals surface area contributed by atoms with E-state index in [1.54, 1.807) is 5.51 Å². The summed E-state index contributed by atoms with van der Waals surface area (Å²) in [4.78, 5) is 33.7. The monoisotopic (exact) mass is 497 g/mol. The molecule has 2 aromatic rings. The van der Waals surface area contributed by atoms with Gasteiger partial charge in [-0.25, -0.2) is 4.98 Å². The third kappa shape index (κ3) is 6.24. The van der Waals surface area contributed by atoms with Gasteiger partial charge in [0, 0.05) is 13.1 Å². The van der Waals surface area contributed by atoms with E-state index >= 15 is 0 Å². The average molecular weight is 498 g/mol. The molecule has 0 radical (unpaired) electrons. The molecule has 1 saturated heterocycles. The number of nitrogens with zero attached hydrogens (tertiary/aromatic N) is 2. The number of benzene rings is 1. The van der Waals surface area contributed by atoms with E-state index in [1.807, 2.05) is 24.0 Å². The van der Waals surface area contributed by atoms with Crippen molar-refractivity contribution in [3.05, 3.63) is 45.9 Å². The summed E-state index contributed by atoms with van der Waals surface area (Å²) in [6.07, 6.45) is 7.35. The Kier molecular flexibility index (Phi) is 8.47. The number of aromatic nitrogens is 1. The summed E-state index contributed by atoms with van der Waals surface area (Å²) in [5.74, 6) is 1.58. The van der Waals surface area contributed by atoms with Crippen molar-refractivity contribution in [1.82, 2.24) is 15.2 Å². The number of para-hydroxylation sites is 1. The zero-order valence-electron chi connectivity index (χ0n) is 21.3. The molecule has 190 valence electrons. The number of amides is 2. The van der Waals surface area contributed by atoms with Crippen LogP contribution in [0.15, 0.2) is 29.8 Å². The lowest BCUT2D eigenvalue weighted by atomic mass is 9.73. The van der Waals surface area contributed by atoms with Gasteiger partial charge in [0.1, 0.15) is 17.2 Å². The van der Waals surface area contributed by atoms with Crippen LogP contribution in [0.4, 0.5) is 0 Å². The Morgan fingerprint density at radius 1 is 1.20 bits per heavy atom. The minimum atomic E-state index is -0.421. The first kappa shape index (κ1) is 25.7. The minimum Gasteiger partial charge on any atom is -0.491 e. The topological polar surface area (TPSA) is 71.5 Å². The Hall–Kier alpha value is -2.41. The van der Waals surface area contributed by atoms with Crippen LogP contribution in [0.3, 0.4) is 0 Å². The van der Waals surface area contributed by atoms with Gasteiger partial charge in [-0.2, -0.15) is 0 Å². The highest BCUT2D eigenvalue weighted by molar-refractivity contribution is 7.11. The molecule has 7 heteroatoms. The molecule has 1 aromatic heterocycles. The number of carbonyl (C=O) groups is 2. The SMILES string of the molecule is Cc1ncsc1C(=O)N1CCC2(CCCCCc3ccccc3OC[C@H](CC(C)C)NC2=O)CC1. The second kappa shape index (κ2) is 11.5. The van der Waals surface area contributed by atoms with Crippen molar-refractivity contribution >= 4 is 23.2 Å². The van der Waals surface area contributed by atoms with Crippen LogP contribution in [-0.4, -0.2) is 47.4 Å². The number of rotatable bonds is 3. The van der Waals surface area contributed by atoms with Crippen LogP contribution < -0.4 is 10.1 Å². The first-order chi connectivity index (χ1) is 16.9. The van der Waals surface area contributed by atoms with Crippen LogP contribution in [0.5, 0.6) is 5.75 Å². The second-order valence-corrected chi connectivity index (χ2v) is 11.5. The van der Waals surface area contributed by atoms with E-state index in [2.05, 4.69) is 36.3 Å². The van der Waals surface area contributed by atoms with Gasteiger partial charge >= 0.3 is 0 Å². The van der Waals surface area contributed by atoms with E-state index < -0.39 is 5.41 Å². The Bertz CT molecular complexity index is 1010. The Labute approximate surface area is 213 Å². The largest absolute Gasteiger partial charge is 0.491 e. The van der Waals surface area contributed by atoms with Gasteiger partial charge < -0.3 is 15.0 Å².